The predicted octanol–water partition coefficient (Wildman–Crippen LogP) is 1.79. The number of unbranched alkanes of at least 4 members (excludes halogenated alkanes) is 2. The van der Waals surface area contributed by atoms with Gasteiger partial charge < -0.3 is 10.2 Å². The van der Waals surface area contributed by atoms with Crippen molar-refractivity contribution in [2.24, 2.45) is 0 Å². The zero-order valence-corrected chi connectivity index (χ0v) is 7.62. The fourth-order valence-electron chi connectivity index (χ4n) is 1.06. The first-order valence-corrected chi connectivity index (χ1v) is 4.56. The van der Waals surface area contributed by atoms with Crippen molar-refractivity contribution in [3.8, 4) is 0 Å². The van der Waals surface area contributed by atoms with E-state index in [2.05, 4.69) is 6.92 Å². The van der Waals surface area contributed by atoms with Crippen molar-refractivity contribution in [2.75, 3.05) is 0 Å². The molecule has 0 saturated carbocycles. The molecule has 0 rings (SSSR count). The predicted molar refractivity (Wildman–Crippen MR) is 47.0 cm³/mol. The molecule has 0 heterocycles. The number of hydrogen-bond donors (Lipinski definition) is 2. The van der Waals surface area contributed by atoms with Crippen LogP contribution in [0, 0.1) is 0 Å². The highest BCUT2D eigenvalue weighted by Gasteiger charge is 2.05. The number of aliphatic carboxylic acids is 1. The molecule has 0 spiro atoms. The van der Waals surface area contributed by atoms with Gasteiger partial charge in [0.25, 0.3) is 0 Å². The Kier molecular flexibility index (Phi) is 6.76. The van der Waals surface area contributed by atoms with E-state index in [1.807, 2.05) is 0 Å². The number of carboxylic acids is 1. The monoisotopic (exact) mass is 174 g/mol. The minimum absolute atomic E-state index is 0.0767. The van der Waals surface area contributed by atoms with Crippen molar-refractivity contribution in [3.05, 3.63) is 0 Å². The summed E-state index contributed by atoms with van der Waals surface area (Å²) < 4.78 is 0. The van der Waals surface area contributed by atoms with E-state index in [-0.39, 0.29) is 6.42 Å². The first kappa shape index (κ1) is 11.4. The molecule has 1 unspecified atom stereocenters. The van der Waals surface area contributed by atoms with Gasteiger partial charge in [-0.3, -0.25) is 4.79 Å². The van der Waals surface area contributed by atoms with Crippen LogP contribution in [-0.2, 0) is 4.79 Å². The second kappa shape index (κ2) is 7.10. The molecule has 3 nitrogen and oxygen atoms in total. The fourth-order valence-corrected chi connectivity index (χ4v) is 1.06. The molecular weight excluding hydrogens is 156 g/mol. The minimum Gasteiger partial charge on any atom is -0.481 e. The molecule has 0 fully saturated rings. The van der Waals surface area contributed by atoms with Crippen LogP contribution in [0.2, 0.25) is 0 Å². The highest BCUT2D eigenvalue weighted by molar-refractivity contribution is 5.66. The van der Waals surface area contributed by atoms with E-state index in [9.17, 15) is 9.90 Å². The Labute approximate surface area is 73.4 Å². The van der Waals surface area contributed by atoms with Crippen LogP contribution in [0.4, 0.5) is 0 Å². The van der Waals surface area contributed by atoms with Crippen LogP contribution >= 0.6 is 0 Å². The van der Waals surface area contributed by atoms with Gasteiger partial charge in [-0.1, -0.05) is 26.2 Å². The van der Waals surface area contributed by atoms with Crippen LogP contribution in [-0.4, -0.2) is 22.3 Å². The van der Waals surface area contributed by atoms with Gasteiger partial charge in [-0.15, -0.1) is 0 Å². The third-order valence-electron chi connectivity index (χ3n) is 1.83. The molecule has 0 radical (unpaired) electrons. The first-order valence-electron chi connectivity index (χ1n) is 4.56. The zero-order chi connectivity index (χ0) is 9.40. The molecule has 0 amide bonds. The molecule has 3 heteroatoms. The van der Waals surface area contributed by atoms with Crippen LogP contribution < -0.4 is 0 Å². The van der Waals surface area contributed by atoms with E-state index in [1.165, 1.54) is 0 Å². The number of carbonyl (C=O) groups is 1. The quantitative estimate of drug-likeness (QED) is 0.578. The Morgan fingerprint density at radius 3 is 2.50 bits per heavy atom. The van der Waals surface area contributed by atoms with Crippen LogP contribution in [0.15, 0.2) is 0 Å². The van der Waals surface area contributed by atoms with Crippen LogP contribution in [0.1, 0.15) is 45.4 Å². The van der Waals surface area contributed by atoms with Gasteiger partial charge in [0.15, 0.2) is 0 Å². The van der Waals surface area contributed by atoms with E-state index in [0.29, 0.717) is 6.42 Å². The van der Waals surface area contributed by atoms with E-state index < -0.39 is 12.1 Å². The molecule has 72 valence electrons. The molecule has 0 aliphatic carbocycles. The van der Waals surface area contributed by atoms with Gasteiger partial charge in [-0.2, -0.15) is 0 Å². The lowest BCUT2D eigenvalue weighted by molar-refractivity contribution is -0.137. The molecule has 1 atom stereocenters. The average molecular weight is 174 g/mol. The molecule has 0 aliphatic heterocycles. The Bertz CT molecular complexity index is 123. The van der Waals surface area contributed by atoms with Gasteiger partial charge in [0, 0.05) is 6.42 Å². The first-order chi connectivity index (χ1) is 5.66. The Morgan fingerprint density at radius 1 is 1.33 bits per heavy atom. The summed E-state index contributed by atoms with van der Waals surface area (Å²) in [6, 6.07) is 0. The zero-order valence-electron chi connectivity index (χ0n) is 7.62. The summed E-state index contributed by atoms with van der Waals surface area (Å²) in [5.41, 5.74) is 0. The summed E-state index contributed by atoms with van der Waals surface area (Å²) in [4.78, 5) is 10.1. The van der Waals surface area contributed by atoms with Crippen LogP contribution in [0.3, 0.4) is 0 Å². The average Bonchev–Trinajstić information content (AvgIpc) is 2.01. The molecule has 12 heavy (non-hydrogen) atoms. The Morgan fingerprint density at radius 2 is 2.00 bits per heavy atom. The van der Waals surface area contributed by atoms with Gasteiger partial charge in [0.05, 0.1) is 6.10 Å². The smallest absolute Gasteiger partial charge is 0.303 e. The topological polar surface area (TPSA) is 57.5 Å². The Balaban J connectivity index is 3.21. The van der Waals surface area contributed by atoms with E-state index >= 15 is 0 Å². The standard InChI is InChI=1S/C9H18O3/c1-2-3-4-5-8(10)6-7-9(11)12/h8,10H,2-7H2,1H3,(H,11,12). The summed E-state index contributed by atoms with van der Waals surface area (Å²) in [6.07, 6.45) is 4.02. The highest BCUT2D eigenvalue weighted by atomic mass is 16.4. The second-order valence-corrected chi connectivity index (χ2v) is 3.08. The third-order valence-corrected chi connectivity index (χ3v) is 1.83. The van der Waals surface area contributed by atoms with Crippen LogP contribution in [0.5, 0.6) is 0 Å². The molecule has 0 aliphatic rings. The van der Waals surface area contributed by atoms with E-state index in [1.54, 1.807) is 0 Å². The lowest BCUT2D eigenvalue weighted by atomic mass is 10.1. The fraction of sp³-hybridized carbons (Fsp3) is 0.889. The maximum atomic E-state index is 10.1. The van der Waals surface area contributed by atoms with Crippen LogP contribution in [0.25, 0.3) is 0 Å². The maximum absolute atomic E-state index is 10.1. The number of aliphatic hydroxyl groups is 1. The van der Waals surface area contributed by atoms with Crippen molar-refractivity contribution in [1.29, 1.82) is 0 Å². The normalized spacial score (nSPS) is 12.8. The van der Waals surface area contributed by atoms with E-state index in [4.69, 9.17) is 5.11 Å². The summed E-state index contributed by atoms with van der Waals surface area (Å²) in [5.74, 6) is -0.829. The molecule has 0 bridgehead atoms. The number of aliphatic hydroxyl groups excluding tert-OH is 1. The lowest BCUT2D eigenvalue weighted by Gasteiger charge is -2.07. The van der Waals surface area contributed by atoms with Crippen molar-refractivity contribution >= 4 is 5.97 Å². The summed E-state index contributed by atoms with van der Waals surface area (Å²) >= 11 is 0. The minimum atomic E-state index is -0.829. The highest BCUT2D eigenvalue weighted by Crippen LogP contribution is 2.07. The molecule has 0 aromatic heterocycles. The van der Waals surface area contributed by atoms with Crippen molar-refractivity contribution in [2.45, 2.75) is 51.6 Å². The SMILES string of the molecule is CCCCCC(O)CCC(=O)O. The number of rotatable bonds is 7. The van der Waals surface area contributed by atoms with Gasteiger partial charge in [-0.25, -0.2) is 0 Å². The molecule has 2 N–H and O–H groups in total. The van der Waals surface area contributed by atoms with Crippen molar-refractivity contribution in [3.63, 3.8) is 0 Å². The Hall–Kier alpha value is -0.570. The third kappa shape index (κ3) is 7.54. The molecule has 0 aromatic carbocycles. The number of carboxylic acid groups (broad SMARTS) is 1. The van der Waals surface area contributed by atoms with Crippen molar-refractivity contribution < 1.29 is 15.0 Å². The summed E-state index contributed by atoms with van der Waals surface area (Å²) in [5, 5.41) is 17.6. The summed E-state index contributed by atoms with van der Waals surface area (Å²) in [6.45, 7) is 2.10. The summed E-state index contributed by atoms with van der Waals surface area (Å²) in [7, 11) is 0. The van der Waals surface area contributed by atoms with Gasteiger partial charge in [-0.05, 0) is 12.8 Å². The molecule has 0 saturated heterocycles. The number of hydrogen-bond acceptors (Lipinski definition) is 2. The molecular formula is C9H18O3. The van der Waals surface area contributed by atoms with E-state index in [0.717, 1.165) is 25.7 Å². The molecule has 0 aromatic rings. The van der Waals surface area contributed by atoms with Gasteiger partial charge >= 0.3 is 5.97 Å². The second-order valence-electron chi connectivity index (χ2n) is 3.08. The largest absolute Gasteiger partial charge is 0.481 e. The van der Waals surface area contributed by atoms with Crippen molar-refractivity contribution in [1.82, 2.24) is 0 Å². The maximum Gasteiger partial charge on any atom is 0.303 e. The van der Waals surface area contributed by atoms with Gasteiger partial charge in [0.1, 0.15) is 0 Å². The lowest BCUT2D eigenvalue weighted by Crippen LogP contribution is -2.09. The van der Waals surface area contributed by atoms with Gasteiger partial charge in [0.2, 0.25) is 0 Å².